The van der Waals surface area contributed by atoms with Crippen LogP contribution in [0.4, 0.5) is 0 Å². The SMILES string of the molecule is O=C(NCc1cccc(CN2CCCCC2)c1)C1CCCN(Cc2ccc(Cl)cc2Cl)C1. The number of likely N-dealkylation sites (tertiary alicyclic amines) is 2. The summed E-state index contributed by atoms with van der Waals surface area (Å²) >= 11 is 12.4. The van der Waals surface area contributed by atoms with Crippen molar-refractivity contribution in [3.8, 4) is 0 Å². The Balaban J connectivity index is 1.27. The van der Waals surface area contributed by atoms with Gasteiger partial charge in [-0.05, 0) is 74.1 Å². The van der Waals surface area contributed by atoms with Gasteiger partial charge in [-0.2, -0.15) is 0 Å². The lowest BCUT2D eigenvalue weighted by molar-refractivity contribution is -0.126. The Bertz CT molecular complexity index is 914. The van der Waals surface area contributed by atoms with E-state index < -0.39 is 0 Å². The summed E-state index contributed by atoms with van der Waals surface area (Å²) < 4.78 is 0. The van der Waals surface area contributed by atoms with Crippen LogP contribution in [-0.4, -0.2) is 41.9 Å². The van der Waals surface area contributed by atoms with Crippen molar-refractivity contribution in [2.24, 2.45) is 5.92 Å². The van der Waals surface area contributed by atoms with Crippen LogP contribution in [0.25, 0.3) is 0 Å². The Morgan fingerprint density at radius 3 is 2.50 bits per heavy atom. The molecule has 0 aromatic heterocycles. The molecule has 0 radical (unpaired) electrons. The maximum atomic E-state index is 12.9. The largest absolute Gasteiger partial charge is 0.352 e. The van der Waals surface area contributed by atoms with Gasteiger partial charge in [0.2, 0.25) is 5.91 Å². The number of hydrogen-bond donors (Lipinski definition) is 1. The van der Waals surface area contributed by atoms with Crippen molar-refractivity contribution < 1.29 is 4.79 Å². The number of hydrogen-bond acceptors (Lipinski definition) is 3. The van der Waals surface area contributed by atoms with Crippen molar-refractivity contribution in [1.82, 2.24) is 15.1 Å². The second-order valence-corrected chi connectivity index (χ2v) is 10.0. The third-order valence-electron chi connectivity index (χ3n) is 6.60. The Morgan fingerprint density at radius 1 is 0.906 bits per heavy atom. The fraction of sp³-hybridized carbons (Fsp3) is 0.500. The van der Waals surface area contributed by atoms with Crippen molar-refractivity contribution in [1.29, 1.82) is 0 Å². The van der Waals surface area contributed by atoms with E-state index in [1.807, 2.05) is 12.1 Å². The summed E-state index contributed by atoms with van der Waals surface area (Å²) in [4.78, 5) is 17.7. The van der Waals surface area contributed by atoms with Gasteiger partial charge in [0.15, 0.2) is 0 Å². The second-order valence-electron chi connectivity index (χ2n) is 9.18. The van der Waals surface area contributed by atoms with Crippen molar-refractivity contribution in [3.63, 3.8) is 0 Å². The molecule has 2 saturated heterocycles. The maximum absolute atomic E-state index is 12.9. The van der Waals surface area contributed by atoms with Crippen LogP contribution >= 0.6 is 23.2 Å². The molecule has 0 aliphatic carbocycles. The predicted molar refractivity (Wildman–Crippen MR) is 132 cm³/mol. The Morgan fingerprint density at radius 2 is 1.69 bits per heavy atom. The molecule has 172 valence electrons. The van der Waals surface area contributed by atoms with Crippen LogP contribution in [0.15, 0.2) is 42.5 Å². The number of nitrogens with one attached hydrogen (secondary N) is 1. The van der Waals surface area contributed by atoms with E-state index in [2.05, 4.69) is 39.4 Å². The first-order valence-corrected chi connectivity index (χ1v) is 12.6. The van der Waals surface area contributed by atoms with Crippen LogP contribution in [0.2, 0.25) is 10.0 Å². The average molecular weight is 474 g/mol. The van der Waals surface area contributed by atoms with Gasteiger partial charge in [-0.15, -0.1) is 0 Å². The van der Waals surface area contributed by atoms with E-state index in [1.54, 1.807) is 6.07 Å². The number of benzene rings is 2. The topological polar surface area (TPSA) is 35.6 Å². The lowest BCUT2D eigenvalue weighted by Gasteiger charge is -2.32. The molecular weight excluding hydrogens is 441 g/mol. The van der Waals surface area contributed by atoms with Gasteiger partial charge < -0.3 is 5.32 Å². The molecule has 2 aromatic rings. The zero-order valence-electron chi connectivity index (χ0n) is 18.7. The van der Waals surface area contributed by atoms with Crippen molar-refractivity contribution >= 4 is 29.1 Å². The summed E-state index contributed by atoms with van der Waals surface area (Å²) in [6.07, 6.45) is 5.92. The van der Waals surface area contributed by atoms with Crippen molar-refractivity contribution in [2.45, 2.75) is 51.7 Å². The molecule has 1 N–H and O–H groups in total. The lowest BCUT2D eigenvalue weighted by Crippen LogP contribution is -2.42. The molecule has 1 atom stereocenters. The van der Waals surface area contributed by atoms with Gasteiger partial charge in [-0.3, -0.25) is 14.6 Å². The van der Waals surface area contributed by atoms with E-state index in [9.17, 15) is 4.79 Å². The van der Waals surface area contributed by atoms with E-state index in [4.69, 9.17) is 23.2 Å². The van der Waals surface area contributed by atoms with Crippen molar-refractivity contribution in [3.05, 3.63) is 69.2 Å². The molecule has 4 nitrogen and oxygen atoms in total. The van der Waals surface area contributed by atoms with Crippen LogP contribution < -0.4 is 5.32 Å². The Labute approximate surface area is 201 Å². The van der Waals surface area contributed by atoms with Gasteiger partial charge in [0.25, 0.3) is 0 Å². The van der Waals surface area contributed by atoms with Crippen LogP contribution in [0.3, 0.4) is 0 Å². The van der Waals surface area contributed by atoms with Crippen LogP contribution in [0.5, 0.6) is 0 Å². The first-order valence-electron chi connectivity index (χ1n) is 11.8. The number of halogens is 2. The average Bonchev–Trinajstić information content (AvgIpc) is 2.80. The highest BCUT2D eigenvalue weighted by atomic mass is 35.5. The number of amides is 1. The summed E-state index contributed by atoms with van der Waals surface area (Å²) in [5.41, 5.74) is 3.57. The normalized spacial score (nSPS) is 20.2. The molecule has 6 heteroatoms. The zero-order valence-corrected chi connectivity index (χ0v) is 20.2. The molecule has 1 amide bonds. The summed E-state index contributed by atoms with van der Waals surface area (Å²) in [5, 5.41) is 4.52. The van der Waals surface area contributed by atoms with Crippen LogP contribution in [-0.2, 0) is 24.4 Å². The minimum atomic E-state index is 0.0198. The van der Waals surface area contributed by atoms with E-state index in [-0.39, 0.29) is 11.8 Å². The molecule has 2 aliphatic heterocycles. The van der Waals surface area contributed by atoms with Gasteiger partial charge in [0.1, 0.15) is 0 Å². The van der Waals surface area contributed by atoms with Crippen LogP contribution in [0.1, 0.15) is 48.8 Å². The summed E-state index contributed by atoms with van der Waals surface area (Å²) in [5.74, 6) is 0.171. The molecule has 1 unspecified atom stereocenters. The summed E-state index contributed by atoms with van der Waals surface area (Å²) in [7, 11) is 0. The smallest absolute Gasteiger partial charge is 0.224 e. The Kier molecular flexibility index (Phi) is 8.48. The van der Waals surface area contributed by atoms with Gasteiger partial charge >= 0.3 is 0 Å². The number of rotatable bonds is 7. The molecule has 4 rings (SSSR count). The molecule has 0 saturated carbocycles. The monoisotopic (exact) mass is 473 g/mol. The minimum Gasteiger partial charge on any atom is -0.352 e. The highest BCUT2D eigenvalue weighted by Gasteiger charge is 2.26. The number of nitrogens with zero attached hydrogens (tertiary/aromatic N) is 2. The van der Waals surface area contributed by atoms with E-state index in [0.717, 1.165) is 44.6 Å². The van der Waals surface area contributed by atoms with Crippen LogP contribution in [0, 0.1) is 5.92 Å². The van der Waals surface area contributed by atoms with Gasteiger partial charge in [0, 0.05) is 36.2 Å². The van der Waals surface area contributed by atoms with E-state index in [0.29, 0.717) is 16.6 Å². The van der Waals surface area contributed by atoms with E-state index in [1.165, 1.54) is 43.5 Å². The fourth-order valence-electron chi connectivity index (χ4n) is 4.85. The first-order chi connectivity index (χ1) is 15.6. The Hall–Kier alpha value is -1.59. The summed E-state index contributed by atoms with van der Waals surface area (Å²) in [6.45, 7) is 6.49. The van der Waals surface area contributed by atoms with Crippen molar-refractivity contribution in [2.75, 3.05) is 26.2 Å². The maximum Gasteiger partial charge on any atom is 0.224 e. The fourth-order valence-corrected chi connectivity index (χ4v) is 5.32. The molecule has 0 spiro atoms. The minimum absolute atomic E-state index is 0.0198. The number of carbonyl (C=O) groups excluding carboxylic acids is 1. The highest BCUT2D eigenvalue weighted by Crippen LogP contribution is 2.25. The third kappa shape index (κ3) is 6.71. The molecule has 2 heterocycles. The molecule has 2 aliphatic rings. The second kappa shape index (κ2) is 11.5. The van der Waals surface area contributed by atoms with Gasteiger partial charge in [-0.1, -0.05) is 60.0 Å². The number of piperidine rings is 2. The summed E-state index contributed by atoms with van der Waals surface area (Å²) in [6, 6.07) is 14.3. The quantitative estimate of drug-likeness (QED) is 0.575. The molecule has 0 bridgehead atoms. The zero-order chi connectivity index (χ0) is 22.3. The standard InChI is InChI=1S/C26H33Cl2N3O/c27-24-10-9-22(25(28)15-24)18-31-13-5-8-23(19-31)26(32)29-16-20-6-4-7-21(14-20)17-30-11-2-1-3-12-30/h4,6-7,9-10,14-15,23H,1-3,5,8,11-13,16-19H2,(H,29,32). The van der Waals surface area contributed by atoms with Gasteiger partial charge in [-0.25, -0.2) is 0 Å². The molecular formula is C26H33Cl2N3O. The third-order valence-corrected chi connectivity index (χ3v) is 7.19. The molecule has 32 heavy (non-hydrogen) atoms. The van der Waals surface area contributed by atoms with Gasteiger partial charge in [0.05, 0.1) is 5.92 Å². The highest BCUT2D eigenvalue weighted by molar-refractivity contribution is 6.35. The predicted octanol–water partition coefficient (Wildman–Crippen LogP) is 5.51. The lowest BCUT2D eigenvalue weighted by atomic mass is 9.96. The first kappa shape index (κ1) is 23.6. The molecule has 2 fully saturated rings. The molecule has 2 aromatic carbocycles. The van der Waals surface area contributed by atoms with E-state index >= 15 is 0 Å². The number of carbonyl (C=O) groups is 1.